The van der Waals surface area contributed by atoms with E-state index in [-0.39, 0.29) is 12.4 Å². The average Bonchev–Trinajstić information content (AvgIpc) is 2.45. The van der Waals surface area contributed by atoms with E-state index in [2.05, 4.69) is 31.3 Å². The van der Waals surface area contributed by atoms with E-state index < -0.39 is 0 Å². The van der Waals surface area contributed by atoms with Crippen LogP contribution in [0.1, 0.15) is 23.6 Å². The molecule has 0 aromatic heterocycles. The summed E-state index contributed by atoms with van der Waals surface area (Å²) in [6, 6.07) is 14.0. The summed E-state index contributed by atoms with van der Waals surface area (Å²) in [6.07, 6.45) is 0.280. The maximum Gasteiger partial charge on any atom is 0.310 e. The molecule has 2 rings (SSSR count). The zero-order valence-corrected chi connectivity index (χ0v) is 12.8. The first-order chi connectivity index (χ1) is 10.1. The van der Waals surface area contributed by atoms with Crippen molar-refractivity contribution in [3.05, 3.63) is 59.2 Å². The molecule has 0 unspecified atom stereocenters. The Morgan fingerprint density at radius 3 is 2.38 bits per heavy atom. The highest BCUT2D eigenvalue weighted by atomic mass is 16.5. The smallest absolute Gasteiger partial charge is 0.310 e. The third kappa shape index (κ3) is 3.85. The number of hydrogen-bond donors (Lipinski definition) is 1. The maximum atomic E-state index is 11.7. The number of nitrogens with one attached hydrogen (secondary N) is 1. The number of ether oxygens (including phenoxy) is 1. The molecule has 0 fully saturated rings. The molecule has 0 bridgehead atoms. The van der Waals surface area contributed by atoms with E-state index in [4.69, 9.17) is 4.74 Å². The van der Waals surface area contributed by atoms with Crippen molar-refractivity contribution in [1.29, 1.82) is 0 Å². The van der Waals surface area contributed by atoms with Crippen molar-refractivity contribution in [2.24, 2.45) is 0 Å². The zero-order chi connectivity index (χ0) is 15.2. The van der Waals surface area contributed by atoms with Crippen LogP contribution in [-0.4, -0.2) is 12.6 Å². The number of rotatable bonds is 5. The van der Waals surface area contributed by atoms with Crippen LogP contribution < -0.4 is 5.32 Å². The lowest BCUT2D eigenvalue weighted by atomic mass is 10.1. The third-order valence-electron chi connectivity index (χ3n) is 3.40. The van der Waals surface area contributed by atoms with Gasteiger partial charge in [-0.25, -0.2) is 0 Å². The molecule has 2 aromatic rings. The highest BCUT2D eigenvalue weighted by Gasteiger charge is 2.10. The fraction of sp³-hybridized carbons (Fsp3) is 0.278. The quantitative estimate of drug-likeness (QED) is 0.838. The normalized spacial score (nSPS) is 10.2. The summed E-state index contributed by atoms with van der Waals surface area (Å²) in [4.78, 5) is 11.7. The second kappa shape index (κ2) is 6.93. The van der Waals surface area contributed by atoms with Crippen LogP contribution in [-0.2, 0) is 16.0 Å². The van der Waals surface area contributed by atoms with Crippen molar-refractivity contribution in [2.75, 3.05) is 11.9 Å². The first-order valence-corrected chi connectivity index (χ1v) is 7.18. The van der Waals surface area contributed by atoms with Crippen molar-refractivity contribution >= 4 is 17.3 Å². The minimum absolute atomic E-state index is 0.201. The summed E-state index contributed by atoms with van der Waals surface area (Å²) in [5, 5.41) is 3.45. The van der Waals surface area contributed by atoms with Gasteiger partial charge in [-0.3, -0.25) is 4.79 Å². The van der Waals surface area contributed by atoms with Crippen LogP contribution in [0.5, 0.6) is 0 Å². The molecule has 110 valence electrons. The zero-order valence-electron chi connectivity index (χ0n) is 12.8. The van der Waals surface area contributed by atoms with Gasteiger partial charge in [-0.1, -0.05) is 36.4 Å². The van der Waals surface area contributed by atoms with Gasteiger partial charge in [0.1, 0.15) is 0 Å². The highest BCUT2D eigenvalue weighted by Crippen LogP contribution is 2.26. The number of anilines is 2. The Bertz CT molecular complexity index is 615. The van der Waals surface area contributed by atoms with Gasteiger partial charge in [-0.05, 0) is 43.5 Å². The average molecular weight is 283 g/mol. The molecular formula is C18H21NO2. The third-order valence-corrected chi connectivity index (χ3v) is 3.40. The number of benzene rings is 2. The molecule has 3 nitrogen and oxygen atoms in total. The van der Waals surface area contributed by atoms with E-state index in [1.165, 1.54) is 11.1 Å². The lowest BCUT2D eigenvalue weighted by molar-refractivity contribution is -0.142. The van der Waals surface area contributed by atoms with E-state index in [1.54, 1.807) is 0 Å². The maximum absolute atomic E-state index is 11.7. The van der Waals surface area contributed by atoms with Gasteiger partial charge in [0.15, 0.2) is 0 Å². The second-order valence-corrected chi connectivity index (χ2v) is 5.03. The van der Waals surface area contributed by atoms with Crippen molar-refractivity contribution < 1.29 is 9.53 Å². The Hall–Kier alpha value is -2.29. The first kappa shape index (κ1) is 15.1. The number of carbonyl (C=O) groups excluding carboxylic acids is 1. The lowest BCUT2D eigenvalue weighted by Crippen LogP contribution is -2.09. The minimum atomic E-state index is -0.201. The first-order valence-electron chi connectivity index (χ1n) is 7.18. The molecule has 0 aliphatic rings. The molecule has 0 amide bonds. The minimum Gasteiger partial charge on any atom is -0.466 e. The van der Waals surface area contributed by atoms with Crippen molar-refractivity contribution in [3.8, 4) is 0 Å². The summed E-state index contributed by atoms with van der Waals surface area (Å²) in [5.41, 5.74) is 5.34. The van der Waals surface area contributed by atoms with E-state index in [1.807, 2.05) is 37.3 Å². The predicted molar refractivity (Wildman–Crippen MR) is 86.0 cm³/mol. The number of hydrogen-bond acceptors (Lipinski definition) is 3. The molecule has 0 heterocycles. The second-order valence-electron chi connectivity index (χ2n) is 5.03. The molecule has 1 N–H and O–H groups in total. The number of carbonyl (C=O) groups is 1. The number of aryl methyl sites for hydroxylation is 2. The molecule has 0 atom stereocenters. The predicted octanol–water partition coefficient (Wildman–Crippen LogP) is 4.15. The van der Waals surface area contributed by atoms with Crippen LogP contribution in [0.25, 0.3) is 0 Å². The lowest BCUT2D eigenvalue weighted by Gasteiger charge is -2.15. The number of esters is 1. The molecule has 0 saturated carbocycles. The van der Waals surface area contributed by atoms with Gasteiger partial charge in [0.05, 0.1) is 13.0 Å². The Kier molecular flexibility index (Phi) is 4.99. The largest absolute Gasteiger partial charge is 0.466 e. The Morgan fingerprint density at radius 1 is 1.05 bits per heavy atom. The molecule has 3 heteroatoms. The van der Waals surface area contributed by atoms with Crippen LogP contribution >= 0.6 is 0 Å². The van der Waals surface area contributed by atoms with Crippen LogP contribution in [0, 0.1) is 13.8 Å². The standard InChI is InChI=1S/C18H21NO2/c1-4-21-17(20)12-15-10-5-6-11-16(15)19-18-13(2)8-7-9-14(18)3/h5-11,19H,4,12H2,1-3H3. The van der Waals surface area contributed by atoms with Gasteiger partial charge in [-0.2, -0.15) is 0 Å². The molecule has 0 spiro atoms. The van der Waals surface area contributed by atoms with Gasteiger partial charge in [0.2, 0.25) is 0 Å². The van der Waals surface area contributed by atoms with Gasteiger partial charge in [0.25, 0.3) is 0 Å². The highest BCUT2D eigenvalue weighted by molar-refractivity contribution is 5.77. The van der Waals surface area contributed by atoms with E-state index in [9.17, 15) is 4.79 Å². The molecular weight excluding hydrogens is 262 g/mol. The van der Waals surface area contributed by atoms with E-state index in [0.717, 1.165) is 16.9 Å². The van der Waals surface area contributed by atoms with Crippen molar-refractivity contribution in [3.63, 3.8) is 0 Å². The topological polar surface area (TPSA) is 38.3 Å². The summed E-state index contributed by atoms with van der Waals surface area (Å²) in [7, 11) is 0. The van der Waals surface area contributed by atoms with Crippen molar-refractivity contribution in [1.82, 2.24) is 0 Å². The van der Waals surface area contributed by atoms with Crippen LogP contribution in [0.3, 0.4) is 0 Å². The monoisotopic (exact) mass is 283 g/mol. The Balaban J connectivity index is 2.26. The van der Waals surface area contributed by atoms with Crippen molar-refractivity contribution in [2.45, 2.75) is 27.2 Å². The van der Waals surface area contributed by atoms with Gasteiger partial charge < -0.3 is 10.1 Å². The fourth-order valence-corrected chi connectivity index (χ4v) is 2.31. The Labute approximate surface area is 126 Å². The summed E-state index contributed by atoms with van der Waals surface area (Å²) < 4.78 is 5.03. The molecule has 0 aliphatic heterocycles. The SMILES string of the molecule is CCOC(=O)Cc1ccccc1Nc1c(C)cccc1C. The van der Waals surface area contributed by atoms with Crippen LogP contribution in [0.2, 0.25) is 0 Å². The van der Waals surface area contributed by atoms with Crippen LogP contribution in [0.15, 0.2) is 42.5 Å². The molecule has 2 aromatic carbocycles. The van der Waals surface area contributed by atoms with E-state index >= 15 is 0 Å². The summed E-state index contributed by atoms with van der Waals surface area (Å²) in [6.45, 7) is 6.37. The Morgan fingerprint density at radius 2 is 1.71 bits per heavy atom. The molecule has 0 saturated heterocycles. The van der Waals surface area contributed by atoms with E-state index in [0.29, 0.717) is 6.61 Å². The number of para-hydroxylation sites is 2. The van der Waals surface area contributed by atoms with Gasteiger partial charge in [0, 0.05) is 11.4 Å². The van der Waals surface area contributed by atoms with Gasteiger partial charge in [-0.15, -0.1) is 0 Å². The molecule has 21 heavy (non-hydrogen) atoms. The van der Waals surface area contributed by atoms with Gasteiger partial charge >= 0.3 is 5.97 Å². The summed E-state index contributed by atoms with van der Waals surface area (Å²) in [5.74, 6) is -0.201. The summed E-state index contributed by atoms with van der Waals surface area (Å²) >= 11 is 0. The molecule has 0 aliphatic carbocycles. The fourth-order valence-electron chi connectivity index (χ4n) is 2.31. The van der Waals surface area contributed by atoms with Crippen LogP contribution in [0.4, 0.5) is 11.4 Å². The molecule has 0 radical (unpaired) electrons.